The van der Waals surface area contributed by atoms with Gasteiger partial charge < -0.3 is 9.47 Å². The summed E-state index contributed by atoms with van der Waals surface area (Å²) < 4.78 is 10.4. The first-order valence-corrected chi connectivity index (χ1v) is 10.3. The average molecular weight is 426 g/mol. The lowest BCUT2D eigenvalue weighted by molar-refractivity contribution is -0.123. The normalized spacial score (nSPS) is 11.0. The van der Waals surface area contributed by atoms with Gasteiger partial charge in [-0.05, 0) is 58.8 Å². The quantitative estimate of drug-likeness (QED) is 0.201. The van der Waals surface area contributed by atoms with Crippen molar-refractivity contribution in [2.45, 2.75) is 6.92 Å². The van der Waals surface area contributed by atoms with E-state index in [1.165, 1.54) is 0 Å². The molecule has 6 nitrogen and oxygen atoms in total. The second-order valence-electron chi connectivity index (χ2n) is 7.06. The van der Waals surface area contributed by atoms with Crippen molar-refractivity contribution in [3.63, 3.8) is 0 Å². The Morgan fingerprint density at radius 2 is 1.53 bits per heavy atom. The molecule has 1 N–H and O–H groups in total. The first-order valence-electron chi connectivity index (χ1n) is 10.3. The van der Waals surface area contributed by atoms with Crippen LogP contribution in [0.25, 0.3) is 21.5 Å². The third kappa shape index (κ3) is 4.75. The molecule has 0 atom stereocenters. The molecule has 4 aromatic rings. The Hall–Kier alpha value is -4.19. The van der Waals surface area contributed by atoms with E-state index in [0.29, 0.717) is 17.9 Å². The molecule has 0 aliphatic carbocycles. The number of hydrogen-bond acceptors (Lipinski definition) is 5. The maximum absolute atomic E-state index is 12.2. The summed E-state index contributed by atoms with van der Waals surface area (Å²) in [5, 5.41) is 8.47. The summed E-state index contributed by atoms with van der Waals surface area (Å²) in [5.41, 5.74) is 3.87. The van der Waals surface area contributed by atoms with E-state index < -0.39 is 5.97 Å². The molecule has 0 saturated heterocycles. The van der Waals surface area contributed by atoms with Crippen LogP contribution in [0.1, 0.15) is 22.8 Å². The van der Waals surface area contributed by atoms with E-state index in [0.717, 1.165) is 27.1 Å². The lowest BCUT2D eigenvalue weighted by atomic mass is 9.97. The Labute approximate surface area is 185 Å². The third-order valence-corrected chi connectivity index (χ3v) is 4.93. The highest BCUT2D eigenvalue weighted by atomic mass is 16.5. The van der Waals surface area contributed by atoms with E-state index in [4.69, 9.17) is 9.47 Å². The maximum atomic E-state index is 12.2. The molecule has 6 heteroatoms. The van der Waals surface area contributed by atoms with Crippen LogP contribution < -0.4 is 10.2 Å². The summed E-state index contributed by atoms with van der Waals surface area (Å²) in [4.78, 5) is 23.8. The number of amides is 1. The van der Waals surface area contributed by atoms with Crippen molar-refractivity contribution in [2.75, 3.05) is 13.2 Å². The minimum atomic E-state index is -0.396. The fourth-order valence-electron chi connectivity index (χ4n) is 3.44. The number of esters is 1. The topological polar surface area (TPSA) is 77.0 Å². The number of hydrogen-bond donors (Lipinski definition) is 1. The van der Waals surface area contributed by atoms with E-state index in [1.807, 2.05) is 36.4 Å². The zero-order valence-electron chi connectivity index (χ0n) is 17.6. The minimum Gasteiger partial charge on any atom is -0.484 e. The number of fused-ring (bicyclic) bond motifs is 2. The molecule has 4 aromatic carbocycles. The van der Waals surface area contributed by atoms with E-state index in [2.05, 4.69) is 28.7 Å². The van der Waals surface area contributed by atoms with Crippen molar-refractivity contribution in [3.05, 3.63) is 90.0 Å². The fraction of sp³-hybridized carbons (Fsp3) is 0.115. The van der Waals surface area contributed by atoms with Gasteiger partial charge in [-0.1, -0.05) is 48.5 Å². The van der Waals surface area contributed by atoms with Gasteiger partial charge in [0, 0.05) is 5.56 Å². The van der Waals surface area contributed by atoms with Crippen molar-refractivity contribution in [1.29, 1.82) is 0 Å². The van der Waals surface area contributed by atoms with E-state index in [1.54, 1.807) is 37.4 Å². The van der Waals surface area contributed by atoms with E-state index >= 15 is 0 Å². The zero-order chi connectivity index (χ0) is 22.3. The third-order valence-electron chi connectivity index (χ3n) is 4.93. The predicted molar refractivity (Wildman–Crippen MR) is 125 cm³/mol. The van der Waals surface area contributed by atoms with Crippen LogP contribution in [0.15, 0.2) is 84.0 Å². The van der Waals surface area contributed by atoms with Gasteiger partial charge in [0.15, 0.2) is 6.61 Å². The summed E-state index contributed by atoms with van der Waals surface area (Å²) in [7, 11) is 0. The predicted octanol–water partition coefficient (Wildman–Crippen LogP) is 4.70. The number of hydrazone groups is 1. The van der Waals surface area contributed by atoms with Crippen LogP contribution in [-0.4, -0.2) is 31.3 Å². The lowest BCUT2D eigenvalue weighted by Gasteiger charge is -2.08. The van der Waals surface area contributed by atoms with Crippen LogP contribution >= 0.6 is 0 Å². The Balaban J connectivity index is 1.41. The van der Waals surface area contributed by atoms with E-state index in [-0.39, 0.29) is 12.5 Å². The molecular formula is C26H22N2O4. The highest BCUT2D eigenvalue weighted by Crippen LogP contribution is 2.27. The van der Waals surface area contributed by atoms with Gasteiger partial charge in [0.1, 0.15) is 5.75 Å². The molecule has 0 saturated carbocycles. The zero-order valence-corrected chi connectivity index (χ0v) is 17.6. The van der Waals surface area contributed by atoms with Crippen LogP contribution in [0.2, 0.25) is 0 Å². The highest BCUT2D eigenvalue weighted by Gasteiger charge is 2.08. The molecule has 0 aliphatic heterocycles. The number of nitrogens with zero attached hydrogens (tertiary/aromatic N) is 1. The van der Waals surface area contributed by atoms with Gasteiger partial charge in [-0.25, -0.2) is 10.2 Å². The molecule has 0 aliphatic rings. The number of benzene rings is 4. The maximum Gasteiger partial charge on any atom is 0.338 e. The molecule has 1 amide bonds. The average Bonchev–Trinajstić information content (AvgIpc) is 2.82. The van der Waals surface area contributed by atoms with Crippen molar-refractivity contribution in [3.8, 4) is 5.75 Å². The molecule has 0 spiro atoms. The van der Waals surface area contributed by atoms with Crippen LogP contribution in [0.5, 0.6) is 5.75 Å². The Bertz CT molecular complexity index is 1240. The summed E-state index contributed by atoms with van der Waals surface area (Å²) in [5.74, 6) is -0.315. The van der Waals surface area contributed by atoms with Gasteiger partial charge in [-0.15, -0.1) is 0 Å². The molecule has 4 rings (SSSR count). The number of rotatable bonds is 7. The van der Waals surface area contributed by atoms with Gasteiger partial charge >= 0.3 is 5.97 Å². The van der Waals surface area contributed by atoms with Crippen molar-refractivity contribution in [2.24, 2.45) is 5.10 Å². The van der Waals surface area contributed by atoms with Gasteiger partial charge in [-0.3, -0.25) is 4.79 Å². The number of nitrogens with one attached hydrogen (secondary N) is 1. The smallest absolute Gasteiger partial charge is 0.338 e. The van der Waals surface area contributed by atoms with Crippen molar-refractivity contribution in [1.82, 2.24) is 5.43 Å². The second kappa shape index (κ2) is 9.75. The van der Waals surface area contributed by atoms with Crippen LogP contribution in [0, 0.1) is 0 Å². The van der Waals surface area contributed by atoms with Gasteiger partial charge in [-0.2, -0.15) is 5.10 Å². The summed E-state index contributed by atoms with van der Waals surface area (Å²) in [6.45, 7) is 1.86. The number of ether oxygens (including phenoxy) is 2. The Kier molecular flexibility index (Phi) is 6.41. The molecular weight excluding hydrogens is 404 g/mol. The fourth-order valence-corrected chi connectivity index (χ4v) is 3.44. The Morgan fingerprint density at radius 3 is 2.16 bits per heavy atom. The monoisotopic (exact) mass is 426 g/mol. The molecule has 0 unspecified atom stereocenters. The van der Waals surface area contributed by atoms with E-state index in [9.17, 15) is 9.59 Å². The molecule has 32 heavy (non-hydrogen) atoms. The standard InChI is InChI=1S/C26H22N2O4/c1-2-31-26(30)18-11-13-21(14-12-18)32-17-25(29)28-27-16-24-22-9-5-3-7-19(22)15-20-8-4-6-10-23(20)24/h3-16H,2,17H2,1H3,(H,28,29). The molecule has 0 radical (unpaired) electrons. The molecule has 0 bridgehead atoms. The summed E-state index contributed by atoms with van der Waals surface area (Å²) in [6.07, 6.45) is 1.66. The Morgan fingerprint density at radius 1 is 0.906 bits per heavy atom. The van der Waals surface area contributed by atoms with Crippen LogP contribution in [-0.2, 0) is 9.53 Å². The second-order valence-corrected chi connectivity index (χ2v) is 7.06. The highest BCUT2D eigenvalue weighted by molar-refractivity contribution is 6.13. The first kappa shape index (κ1) is 21.1. The van der Waals surface area contributed by atoms with Crippen molar-refractivity contribution < 1.29 is 19.1 Å². The van der Waals surface area contributed by atoms with Gasteiger partial charge in [0.2, 0.25) is 0 Å². The SMILES string of the molecule is CCOC(=O)c1ccc(OCC(=O)NN=Cc2c3ccccc3cc3ccccc23)cc1. The number of carbonyl (C=O) groups is 2. The minimum absolute atomic E-state index is 0.202. The largest absolute Gasteiger partial charge is 0.484 e. The van der Waals surface area contributed by atoms with Crippen molar-refractivity contribution >= 4 is 39.6 Å². The number of carbonyl (C=O) groups excluding carboxylic acids is 2. The van der Waals surface area contributed by atoms with Gasteiger partial charge in [0.05, 0.1) is 18.4 Å². The summed E-state index contributed by atoms with van der Waals surface area (Å²) >= 11 is 0. The first-order chi connectivity index (χ1) is 15.7. The molecule has 0 heterocycles. The molecule has 0 aromatic heterocycles. The van der Waals surface area contributed by atoms with Crippen LogP contribution in [0.4, 0.5) is 0 Å². The molecule has 160 valence electrons. The van der Waals surface area contributed by atoms with Gasteiger partial charge in [0.25, 0.3) is 5.91 Å². The molecule has 0 fully saturated rings. The lowest BCUT2D eigenvalue weighted by Crippen LogP contribution is -2.24. The summed E-state index contributed by atoms with van der Waals surface area (Å²) in [6, 6.07) is 24.7. The van der Waals surface area contributed by atoms with Crippen LogP contribution in [0.3, 0.4) is 0 Å².